The van der Waals surface area contributed by atoms with Crippen molar-refractivity contribution in [2.75, 3.05) is 13.7 Å². The molecule has 1 saturated heterocycles. The monoisotopic (exact) mass is 187 g/mol. The molecule has 0 spiro atoms. The lowest BCUT2D eigenvalue weighted by molar-refractivity contribution is -0.125. The third-order valence-corrected chi connectivity index (χ3v) is 1.73. The molecule has 0 aromatic carbocycles. The summed E-state index contributed by atoms with van der Waals surface area (Å²) >= 11 is 1.71. The lowest BCUT2D eigenvalue weighted by Crippen LogP contribution is -2.37. The van der Waals surface area contributed by atoms with E-state index in [0.29, 0.717) is 0 Å². The van der Waals surface area contributed by atoms with Crippen LogP contribution < -0.4 is 5.32 Å². The average molecular weight is 187 g/mol. The first-order chi connectivity index (χ1) is 5.89. The molecule has 2 heterocycles. The van der Waals surface area contributed by atoms with E-state index in [-0.39, 0.29) is 5.91 Å². The molecule has 1 aromatic rings. The van der Waals surface area contributed by atoms with Crippen LogP contribution in [0.5, 0.6) is 0 Å². The first-order valence-electron chi connectivity index (χ1n) is 3.58. The van der Waals surface area contributed by atoms with Crippen molar-refractivity contribution in [1.29, 1.82) is 0 Å². The smallest absolute Gasteiger partial charge is 0.221 e. The standard InChI is InChI=1S/C4H4S.C3H5NO.CH4O/c1-2-4-5-3-1;5-3-1-2-4-3;1-2/h1-4H;1-2H2,(H,4,5);2H,1H3. The Hall–Kier alpha value is -0.870. The highest BCUT2D eigenvalue weighted by Gasteiger charge is 2.07. The van der Waals surface area contributed by atoms with Crippen molar-refractivity contribution in [1.82, 2.24) is 5.32 Å². The molecular formula is C8H13NO2S. The van der Waals surface area contributed by atoms with E-state index in [4.69, 9.17) is 5.11 Å². The Kier molecular flexibility index (Phi) is 7.63. The van der Waals surface area contributed by atoms with Gasteiger partial charge in [0.15, 0.2) is 0 Å². The van der Waals surface area contributed by atoms with Gasteiger partial charge in [-0.25, -0.2) is 0 Å². The maximum absolute atomic E-state index is 9.79. The first-order valence-corrected chi connectivity index (χ1v) is 4.52. The van der Waals surface area contributed by atoms with E-state index < -0.39 is 0 Å². The summed E-state index contributed by atoms with van der Waals surface area (Å²) in [6.07, 6.45) is 0.736. The number of hydrogen-bond donors (Lipinski definition) is 2. The molecule has 1 amide bonds. The topological polar surface area (TPSA) is 49.3 Å². The van der Waals surface area contributed by atoms with Gasteiger partial charge in [0.1, 0.15) is 0 Å². The molecule has 0 aliphatic carbocycles. The summed E-state index contributed by atoms with van der Waals surface area (Å²) < 4.78 is 0. The van der Waals surface area contributed by atoms with Gasteiger partial charge in [-0.2, -0.15) is 11.3 Å². The highest BCUT2D eigenvalue weighted by Crippen LogP contribution is 1.91. The van der Waals surface area contributed by atoms with E-state index in [9.17, 15) is 4.79 Å². The van der Waals surface area contributed by atoms with Crippen molar-refractivity contribution in [3.8, 4) is 0 Å². The summed E-state index contributed by atoms with van der Waals surface area (Å²) in [6, 6.07) is 4.04. The molecule has 1 aliphatic rings. The molecular weight excluding hydrogens is 174 g/mol. The molecule has 2 N–H and O–H groups in total. The van der Waals surface area contributed by atoms with Gasteiger partial charge in [0.25, 0.3) is 0 Å². The molecule has 0 unspecified atom stereocenters. The Bertz CT molecular complexity index is 164. The number of β-lactam (4-membered cyclic amide) rings is 1. The van der Waals surface area contributed by atoms with Crippen molar-refractivity contribution in [3.63, 3.8) is 0 Å². The fourth-order valence-corrected chi connectivity index (χ4v) is 0.907. The molecule has 2 rings (SSSR count). The molecule has 68 valence electrons. The van der Waals surface area contributed by atoms with Gasteiger partial charge in [-0.3, -0.25) is 4.79 Å². The Labute approximate surface area is 76.0 Å². The maximum Gasteiger partial charge on any atom is 0.221 e. The van der Waals surface area contributed by atoms with Gasteiger partial charge in [0, 0.05) is 20.1 Å². The van der Waals surface area contributed by atoms with Crippen LogP contribution in [0.1, 0.15) is 6.42 Å². The van der Waals surface area contributed by atoms with Crippen molar-refractivity contribution in [2.45, 2.75) is 6.42 Å². The van der Waals surface area contributed by atoms with E-state index in [2.05, 4.69) is 5.32 Å². The van der Waals surface area contributed by atoms with E-state index >= 15 is 0 Å². The normalized spacial score (nSPS) is 12.3. The second kappa shape index (κ2) is 8.23. The maximum atomic E-state index is 9.79. The summed E-state index contributed by atoms with van der Waals surface area (Å²) in [5.74, 6) is 0.185. The molecule has 3 nitrogen and oxygen atoms in total. The molecule has 1 aliphatic heterocycles. The summed E-state index contributed by atoms with van der Waals surface area (Å²) in [7, 11) is 1.00. The van der Waals surface area contributed by atoms with Crippen LogP contribution in [0.15, 0.2) is 22.9 Å². The molecule has 0 atom stereocenters. The number of thiophene rings is 1. The van der Waals surface area contributed by atoms with Crippen molar-refractivity contribution >= 4 is 17.2 Å². The predicted molar refractivity (Wildman–Crippen MR) is 50.1 cm³/mol. The third-order valence-electron chi connectivity index (χ3n) is 1.10. The minimum Gasteiger partial charge on any atom is -0.400 e. The Morgan fingerprint density at radius 1 is 1.42 bits per heavy atom. The van der Waals surface area contributed by atoms with Crippen LogP contribution in [0.25, 0.3) is 0 Å². The number of aliphatic hydroxyl groups excluding tert-OH is 1. The lowest BCUT2D eigenvalue weighted by atomic mass is 10.3. The van der Waals surface area contributed by atoms with Crippen LogP contribution in [0.4, 0.5) is 0 Å². The lowest BCUT2D eigenvalue weighted by Gasteiger charge is -2.10. The van der Waals surface area contributed by atoms with Gasteiger partial charge in [-0.15, -0.1) is 0 Å². The summed E-state index contributed by atoms with van der Waals surface area (Å²) in [5.41, 5.74) is 0. The van der Waals surface area contributed by atoms with Crippen LogP contribution >= 0.6 is 11.3 Å². The third kappa shape index (κ3) is 5.88. The SMILES string of the molecule is CO.O=C1CCN1.c1ccsc1. The largest absolute Gasteiger partial charge is 0.400 e. The molecule has 1 aromatic heterocycles. The van der Waals surface area contributed by atoms with Crippen molar-refractivity contribution < 1.29 is 9.90 Å². The summed E-state index contributed by atoms with van der Waals surface area (Å²) in [6.45, 7) is 0.888. The van der Waals surface area contributed by atoms with Crippen molar-refractivity contribution in [2.24, 2.45) is 0 Å². The molecule has 1 fully saturated rings. The quantitative estimate of drug-likeness (QED) is 0.592. The molecule has 4 heteroatoms. The second-order valence-electron chi connectivity index (χ2n) is 1.89. The van der Waals surface area contributed by atoms with E-state index in [1.807, 2.05) is 22.9 Å². The van der Waals surface area contributed by atoms with Crippen LogP contribution in [0.2, 0.25) is 0 Å². The predicted octanol–water partition coefficient (Wildman–Crippen LogP) is 0.863. The number of aliphatic hydroxyl groups is 1. The second-order valence-corrected chi connectivity index (χ2v) is 2.71. The Morgan fingerprint density at radius 2 is 1.83 bits per heavy atom. The Balaban J connectivity index is 0.000000168. The minimum atomic E-state index is 0.185. The molecule has 0 radical (unpaired) electrons. The molecule has 12 heavy (non-hydrogen) atoms. The molecule has 0 saturated carbocycles. The fraction of sp³-hybridized carbons (Fsp3) is 0.375. The minimum absolute atomic E-state index is 0.185. The van der Waals surface area contributed by atoms with Crippen LogP contribution in [0, 0.1) is 0 Å². The van der Waals surface area contributed by atoms with E-state index in [0.717, 1.165) is 20.1 Å². The first kappa shape index (κ1) is 11.1. The van der Waals surface area contributed by atoms with Gasteiger partial charge in [0.2, 0.25) is 5.91 Å². The number of amides is 1. The van der Waals surface area contributed by atoms with Crippen LogP contribution in [-0.4, -0.2) is 24.7 Å². The van der Waals surface area contributed by atoms with Gasteiger partial charge >= 0.3 is 0 Å². The van der Waals surface area contributed by atoms with Gasteiger partial charge in [-0.1, -0.05) is 12.1 Å². The average Bonchev–Trinajstić information content (AvgIpc) is 2.62. The number of carbonyl (C=O) groups excluding carboxylic acids is 1. The summed E-state index contributed by atoms with van der Waals surface area (Å²) in [5, 5.41) is 13.7. The van der Waals surface area contributed by atoms with E-state index in [1.165, 1.54) is 0 Å². The zero-order valence-electron chi connectivity index (χ0n) is 6.99. The Morgan fingerprint density at radius 3 is 1.92 bits per heavy atom. The fourth-order valence-electron chi connectivity index (χ4n) is 0.454. The molecule has 0 bridgehead atoms. The van der Waals surface area contributed by atoms with Gasteiger partial charge in [0.05, 0.1) is 0 Å². The number of rotatable bonds is 0. The number of nitrogens with one attached hydrogen (secondary N) is 1. The zero-order chi connectivity index (χ0) is 9.23. The van der Waals surface area contributed by atoms with Gasteiger partial charge < -0.3 is 10.4 Å². The number of carbonyl (C=O) groups is 1. The van der Waals surface area contributed by atoms with Crippen molar-refractivity contribution in [3.05, 3.63) is 22.9 Å². The zero-order valence-corrected chi connectivity index (χ0v) is 7.80. The van der Waals surface area contributed by atoms with Gasteiger partial charge in [-0.05, 0) is 10.8 Å². The van der Waals surface area contributed by atoms with Crippen LogP contribution in [0.3, 0.4) is 0 Å². The number of hydrogen-bond acceptors (Lipinski definition) is 3. The van der Waals surface area contributed by atoms with Crippen LogP contribution in [-0.2, 0) is 4.79 Å². The highest BCUT2D eigenvalue weighted by molar-refractivity contribution is 7.07. The highest BCUT2D eigenvalue weighted by atomic mass is 32.1. The summed E-state index contributed by atoms with van der Waals surface area (Å²) in [4.78, 5) is 9.79. The van der Waals surface area contributed by atoms with E-state index in [1.54, 1.807) is 11.3 Å².